The van der Waals surface area contributed by atoms with E-state index in [1.54, 1.807) is 12.3 Å². The summed E-state index contributed by atoms with van der Waals surface area (Å²) in [5.41, 5.74) is 7.72. The molecule has 2 heterocycles. The summed E-state index contributed by atoms with van der Waals surface area (Å²) >= 11 is 5.65. The molecule has 7 heteroatoms. The van der Waals surface area contributed by atoms with Gasteiger partial charge in [-0.15, -0.1) is 0 Å². The normalized spacial score (nSPS) is 15.4. The largest absolute Gasteiger partial charge is 0.450 e. The van der Waals surface area contributed by atoms with Gasteiger partial charge in [-0.25, -0.2) is 5.43 Å². The van der Waals surface area contributed by atoms with Gasteiger partial charge in [0, 0.05) is 28.2 Å². The molecule has 0 atom stereocenters. The van der Waals surface area contributed by atoms with Crippen LogP contribution >= 0.6 is 38.5 Å². The number of hydrogen-bond donors (Lipinski definition) is 1. The maximum Gasteiger partial charge on any atom is 0.307 e. The topological polar surface area (TPSA) is 57.8 Å². The molecule has 0 aliphatic carbocycles. The highest BCUT2D eigenvalue weighted by atomic mass is 127. The number of anilines is 1. The number of allylic oxidation sites excluding steroid dienone is 1. The Bertz CT molecular complexity index is 1230. The molecule has 0 saturated carbocycles. The molecule has 5 nitrogen and oxygen atoms in total. The van der Waals surface area contributed by atoms with E-state index in [0.29, 0.717) is 5.58 Å². The monoisotopic (exact) mass is 577 g/mol. The fourth-order valence-electron chi connectivity index (χ4n) is 3.67. The van der Waals surface area contributed by atoms with Gasteiger partial charge in [-0.05, 0) is 84.8 Å². The summed E-state index contributed by atoms with van der Waals surface area (Å²) in [6.45, 7) is 6.52. The van der Waals surface area contributed by atoms with Crippen LogP contribution in [-0.2, 0) is 0 Å². The van der Waals surface area contributed by atoms with E-state index >= 15 is 0 Å². The minimum atomic E-state index is -0.384. The fraction of sp³-hybridized carbons (Fsp3) is 0.217. The Morgan fingerprint density at radius 1 is 1.27 bits per heavy atom. The summed E-state index contributed by atoms with van der Waals surface area (Å²) in [7, 11) is 2.10. The van der Waals surface area contributed by atoms with Crippen LogP contribution in [0.25, 0.3) is 16.5 Å². The molecule has 2 aromatic carbocycles. The number of rotatable bonds is 3. The van der Waals surface area contributed by atoms with Crippen LogP contribution in [0.3, 0.4) is 0 Å². The molecule has 4 rings (SSSR count). The van der Waals surface area contributed by atoms with Gasteiger partial charge in [-0.2, -0.15) is 5.10 Å². The number of furan rings is 1. The van der Waals surface area contributed by atoms with Crippen molar-refractivity contribution in [3.8, 4) is 0 Å². The SMILES string of the molecule is CC1=CC(C)(C)N(C)c2ccc(/C=N\NC(=O)c3cc4cc(Br)cc(I)c4o3)cc21. The highest BCUT2D eigenvalue weighted by Gasteiger charge is 2.28. The molecule has 0 saturated heterocycles. The number of halogens is 2. The first-order valence-electron chi connectivity index (χ1n) is 9.45. The van der Waals surface area contributed by atoms with Crippen LogP contribution in [0.4, 0.5) is 5.69 Å². The van der Waals surface area contributed by atoms with Gasteiger partial charge in [0.05, 0.1) is 15.3 Å². The van der Waals surface area contributed by atoms with Crippen molar-refractivity contribution >= 4 is 72.9 Å². The number of fused-ring (bicyclic) bond motifs is 2. The van der Waals surface area contributed by atoms with E-state index in [1.165, 1.54) is 16.8 Å². The molecule has 0 unspecified atom stereocenters. The van der Waals surface area contributed by atoms with Crippen molar-refractivity contribution in [3.63, 3.8) is 0 Å². The van der Waals surface area contributed by atoms with Crippen LogP contribution in [-0.4, -0.2) is 24.7 Å². The lowest BCUT2D eigenvalue weighted by molar-refractivity contribution is 0.0929. The number of carbonyl (C=O) groups excluding carboxylic acids is 1. The maximum atomic E-state index is 12.5. The number of hydrazone groups is 1. The van der Waals surface area contributed by atoms with Crippen LogP contribution in [0.5, 0.6) is 0 Å². The highest BCUT2D eigenvalue weighted by molar-refractivity contribution is 14.1. The molecular weight excluding hydrogens is 557 g/mol. The Balaban J connectivity index is 1.52. The number of hydrogen-bond acceptors (Lipinski definition) is 4. The predicted octanol–water partition coefficient (Wildman–Crippen LogP) is 6.20. The first-order valence-corrected chi connectivity index (χ1v) is 11.3. The fourth-order valence-corrected chi connectivity index (χ4v) is 5.33. The van der Waals surface area contributed by atoms with Crippen molar-refractivity contribution in [1.82, 2.24) is 5.43 Å². The summed E-state index contributed by atoms with van der Waals surface area (Å²) in [5, 5.41) is 4.99. The lowest BCUT2D eigenvalue weighted by Gasteiger charge is -2.40. The third kappa shape index (κ3) is 3.92. The molecule has 1 aliphatic heterocycles. The van der Waals surface area contributed by atoms with Crippen LogP contribution < -0.4 is 10.3 Å². The van der Waals surface area contributed by atoms with E-state index in [2.05, 4.69) is 100.0 Å². The highest BCUT2D eigenvalue weighted by Crippen LogP contribution is 2.37. The number of amides is 1. The van der Waals surface area contributed by atoms with Crippen LogP contribution in [0.15, 0.2) is 56.5 Å². The molecule has 0 fully saturated rings. The number of benzene rings is 2. The first kappa shape index (κ1) is 21.1. The number of nitrogens with one attached hydrogen (secondary N) is 1. The van der Waals surface area contributed by atoms with E-state index in [9.17, 15) is 4.79 Å². The van der Waals surface area contributed by atoms with E-state index in [4.69, 9.17) is 4.42 Å². The quantitative estimate of drug-likeness (QED) is 0.229. The molecule has 0 bridgehead atoms. The Morgan fingerprint density at radius 3 is 2.80 bits per heavy atom. The Labute approximate surface area is 197 Å². The van der Waals surface area contributed by atoms with E-state index in [0.717, 1.165) is 19.0 Å². The Kier molecular flexibility index (Phi) is 5.52. The Hall–Kier alpha value is -2.13. The van der Waals surface area contributed by atoms with Gasteiger partial charge in [-0.3, -0.25) is 4.79 Å². The third-order valence-corrected chi connectivity index (χ3v) is 6.64. The zero-order valence-corrected chi connectivity index (χ0v) is 20.8. The van der Waals surface area contributed by atoms with Crippen LogP contribution in [0, 0.1) is 3.57 Å². The number of likely N-dealkylation sites (N-methyl/N-ethyl adjacent to an activating group) is 1. The predicted molar refractivity (Wildman–Crippen MR) is 134 cm³/mol. The molecule has 1 aromatic heterocycles. The molecule has 1 N–H and O–H groups in total. The van der Waals surface area contributed by atoms with E-state index in [1.807, 2.05) is 18.2 Å². The molecule has 0 spiro atoms. The second-order valence-corrected chi connectivity index (χ2v) is 10.0. The van der Waals surface area contributed by atoms with Gasteiger partial charge in [0.15, 0.2) is 5.76 Å². The van der Waals surface area contributed by atoms with Crippen LogP contribution in [0.1, 0.15) is 42.5 Å². The van der Waals surface area contributed by atoms with Gasteiger partial charge in [0.1, 0.15) is 5.58 Å². The van der Waals surface area contributed by atoms with Crippen LogP contribution in [0.2, 0.25) is 0 Å². The minimum Gasteiger partial charge on any atom is -0.450 e. The third-order valence-electron chi connectivity index (χ3n) is 5.38. The zero-order valence-electron chi connectivity index (χ0n) is 17.1. The van der Waals surface area contributed by atoms with E-state index in [-0.39, 0.29) is 17.2 Å². The lowest BCUT2D eigenvalue weighted by atomic mass is 9.89. The summed E-state index contributed by atoms with van der Waals surface area (Å²) in [6.07, 6.45) is 3.91. The van der Waals surface area contributed by atoms with Gasteiger partial charge < -0.3 is 9.32 Å². The van der Waals surface area contributed by atoms with Gasteiger partial charge >= 0.3 is 5.91 Å². The molecule has 30 heavy (non-hydrogen) atoms. The second kappa shape index (κ2) is 7.85. The average Bonchev–Trinajstić information content (AvgIpc) is 3.10. The molecule has 154 valence electrons. The standard InChI is InChI=1S/C23H21BrIN3O2/c1-13-11-23(2,3)28(4)19-6-5-14(7-17(13)19)12-26-27-22(29)20-9-15-8-16(24)10-18(25)21(15)30-20/h5-12H,1-4H3,(H,27,29)/b26-12-. The smallest absolute Gasteiger partial charge is 0.307 e. The molecule has 3 aromatic rings. The summed E-state index contributed by atoms with van der Waals surface area (Å²) in [6, 6.07) is 11.8. The number of carbonyl (C=O) groups is 1. The van der Waals surface area contributed by atoms with Crippen molar-refractivity contribution in [2.75, 3.05) is 11.9 Å². The number of nitrogens with zero attached hydrogens (tertiary/aromatic N) is 2. The Morgan fingerprint density at radius 2 is 2.03 bits per heavy atom. The summed E-state index contributed by atoms with van der Waals surface area (Å²) < 4.78 is 7.59. The van der Waals surface area contributed by atoms with Crippen molar-refractivity contribution < 1.29 is 9.21 Å². The van der Waals surface area contributed by atoms with Crippen molar-refractivity contribution in [2.45, 2.75) is 26.3 Å². The zero-order chi connectivity index (χ0) is 21.6. The first-order chi connectivity index (χ1) is 14.2. The minimum absolute atomic E-state index is 0.0271. The van der Waals surface area contributed by atoms with Gasteiger partial charge in [0.25, 0.3) is 0 Å². The van der Waals surface area contributed by atoms with Gasteiger partial charge in [-0.1, -0.05) is 28.1 Å². The van der Waals surface area contributed by atoms with E-state index < -0.39 is 0 Å². The van der Waals surface area contributed by atoms with Crippen molar-refractivity contribution in [2.24, 2.45) is 5.10 Å². The molecule has 1 amide bonds. The lowest BCUT2D eigenvalue weighted by Crippen LogP contribution is -2.42. The van der Waals surface area contributed by atoms with Crippen molar-refractivity contribution in [3.05, 3.63) is 67.4 Å². The summed E-state index contributed by atoms with van der Waals surface area (Å²) in [4.78, 5) is 14.7. The second-order valence-electron chi connectivity index (χ2n) is 7.93. The molecule has 0 radical (unpaired) electrons. The van der Waals surface area contributed by atoms with Gasteiger partial charge in [0.2, 0.25) is 0 Å². The maximum absolute atomic E-state index is 12.5. The van der Waals surface area contributed by atoms with Crippen molar-refractivity contribution in [1.29, 1.82) is 0 Å². The average molecular weight is 578 g/mol. The molecular formula is C23H21BrIN3O2. The molecule has 1 aliphatic rings. The summed E-state index contributed by atoms with van der Waals surface area (Å²) in [5.74, 6) is -0.156.